The maximum atomic E-state index is 12.7. The number of ether oxygens (including phenoxy) is 3. The van der Waals surface area contributed by atoms with Gasteiger partial charge in [0.25, 0.3) is 0 Å². The van der Waals surface area contributed by atoms with Crippen LogP contribution in [0, 0.1) is 0 Å². The average Bonchev–Trinajstić information content (AvgIpc) is 3.19. The fraction of sp³-hybridized carbons (Fsp3) is 0.780. The highest BCUT2D eigenvalue weighted by molar-refractivity contribution is 5.71. The van der Waals surface area contributed by atoms with E-state index in [4.69, 9.17) is 14.2 Å². The maximum Gasteiger partial charge on any atom is 0.306 e. The summed E-state index contributed by atoms with van der Waals surface area (Å²) >= 11 is 0. The number of unbranched alkanes of at least 4 members (excludes halogenated alkanes) is 23. The summed E-state index contributed by atoms with van der Waals surface area (Å²) in [7, 11) is 0. The Balaban J connectivity index is 4.36. The lowest BCUT2D eigenvalue weighted by Crippen LogP contribution is -2.30. The average molecular weight is 785 g/mol. The van der Waals surface area contributed by atoms with E-state index in [1.807, 2.05) is 0 Å². The molecule has 0 aliphatic carbocycles. The van der Waals surface area contributed by atoms with Crippen molar-refractivity contribution in [1.82, 2.24) is 0 Å². The van der Waals surface area contributed by atoms with E-state index >= 15 is 0 Å². The maximum absolute atomic E-state index is 12.7. The minimum Gasteiger partial charge on any atom is -0.462 e. The molecule has 1 unspecified atom stereocenters. The molecule has 0 aliphatic rings. The van der Waals surface area contributed by atoms with Crippen molar-refractivity contribution >= 4 is 17.9 Å². The molecule has 0 aromatic rings. The molecule has 0 amide bonds. The molecule has 6 heteroatoms. The van der Waals surface area contributed by atoms with Crippen molar-refractivity contribution < 1.29 is 28.6 Å². The summed E-state index contributed by atoms with van der Waals surface area (Å²) in [6, 6.07) is 0. The van der Waals surface area contributed by atoms with E-state index in [2.05, 4.69) is 69.4 Å². The van der Waals surface area contributed by atoms with Crippen molar-refractivity contribution in [2.45, 2.75) is 239 Å². The van der Waals surface area contributed by atoms with E-state index in [-0.39, 0.29) is 31.1 Å². The lowest BCUT2D eigenvalue weighted by atomic mass is 10.1. The van der Waals surface area contributed by atoms with Crippen molar-refractivity contribution in [3.63, 3.8) is 0 Å². The zero-order chi connectivity index (χ0) is 40.8. The van der Waals surface area contributed by atoms with Gasteiger partial charge in [-0.3, -0.25) is 14.4 Å². The van der Waals surface area contributed by atoms with Gasteiger partial charge >= 0.3 is 17.9 Å². The number of esters is 3. The van der Waals surface area contributed by atoms with Crippen LogP contribution in [-0.4, -0.2) is 37.2 Å². The van der Waals surface area contributed by atoms with Gasteiger partial charge in [-0.25, -0.2) is 0 Å². The second-order valence-corrected chi connectivity index (χ2v) is 15.6. The number of rotatable bonds is 42. The fourth-order valence-corrected chi connectivity index (χ4v) is 6.51. The molecule has 6 nitrogen and oxygen atoms in total. The highest BCUT2D eigenvalue weighted by atomic mass is 16.6. The van der Waals surface area contributed by atoms with Gasteiger partial charge in [-0.05, 0) is 77.0 Å². The van der Waals surface area contributed by atoms with E-state index in [1.54, 1.807) is 0 Å². The number of carbonyl (C=O) groups excluding carboxylic acids is 3. The molecule has 0 fully saturated rings. The van der Waals surface area contributed by atoms with Crippen molar-refractivity contribution in [2.24, 2.45) is 0 Å². The Morgan fingerprint density at radius 1 is 0.375 bits per heavy atom. The Morgan fingerprint density at radius 2 is 0.696 bits per heavy atom. The molecule has 1 atom stereocenters. The second kappa shape index (κ2) is 45.1. The Bertz CT molecular complexity index is 996. The Kier molecular flexibility index (Phi) is 43.0. The number of hydrogen-bond acceptors (Lipinski definition) is 6. The lowest BCUT2D eigenvalue weighted by molar-refractivity contribution is -0.167. The van der Waals surface area contributed by atoms with Gasteiger partial charge in [-0.15, -0.1) is 0 Å². The van der Waals surface area contributed by atoms with Crippen molar-refractivity contribution in [3.8, 4) is 0 Å². The summed E-state index contributed by atoms with van der Waals surface area (Å²) in [4.78, 5) is 37.7. The standard InChI is InChI=1S/C50H88O6/c1-4-7-10-13-16-19-21-23-25-27-29-31-34-37-40-43-49(52)55-46-47(45-54-48(51)42-39-36-33-18-15-12-9-6-3)56-50(53)44-41-38-35-32-30-28-26-24-22-20-17-14-11-8-5-2/h7,10,16,19,23-26,47H,4-6,8-9,11-15,17-18,20-22,27-46H2,1-3H3/b10-7-,19-16-,25-23-,26-24-. The van der Waals surface area contributed by atoms with E-state index in [0.29, 0.717) is 19.3 Å². The largest absolute Gasteiger partial charge is 0.462 e. The van der Waals surface area contributed by atoms with Crippen LogP contribution in [0.15, 0.2) is 48.6 Å². The summed E-state index contributed by atoms with van der Waals surface area (Å²) in [5.41, 5.74) is 0. The third kappa shape index (κ3) is 42.5. The van der Waals surface area contributed by atoms with Gasteiger partial charge in [0.1, 0.15) is 13.2 Å². The van der Waals surface area contributed by atoms with Crippen molar-refractivity contribution in [1.29, 1.82) is 0 Å². The van der Waals surface area contributed by atoms with Gasteiger partial charge in [0, 0.05) is 19.3 Å². The second-order valence-electron chi connectivity index (χ2n) is 15.6. The van der Waals surface area contributed by atoms with Gasteiger partial charge in [-0.1, -0.05) is 185 Å². The summed E-state index contributed by atoms with van der Waals surface area (Å²) in [5.74, 6) is -0.910. The first kappa shape index (κ1) is 53.4. The molecular weight excluding hydrogens is 697 g/mol. The van der Waals surface area contributed by atoms with Crippen LogP contribution in [0.2, 0.25) is 0 Å². The molecular formula is C50H88O6. The number of allylic oxidation sites excluding steroid dienone is 8. The van der Waals surface area contributed by atoms with Crippen molar-refractivity contribution in [2.75, 3.05) is 13.2 Å². The zero-order valence-corrected chi connectivity index (χ0v) is 36.9. The molecule has 0 spiro atoms. The normalized spacial score (nSPS) is 12.4. The Labute approximate surface area is 346 Å². The van der Waals surface area contributed by atoms with Crippen LogP contribution in [0.25, 0.3) is 0 Å². The fourth-order valence-electron chi connectivity index (χ4n) is 6.51. The molecule has 0 heterocycles. The quantitative estimate of drug-likeness (QED) is 0.0265. The molecule has 0 aromatic heterocycles. The topological polar surface area (TPSA) is 78.9 Å². The Hall–Kier alpha value is -2.63. The molecule has 0 saturated carbocycles. The van der Waals surface area contributed by atoms with E-state index in [9.17, 15) is 14.4 Å². The van der Waals surface area contributed by atoms with Gasteiger partial charge < -0.3 is 14.2 Å². The highest BCUT2D eigenvalue weighted by Gasteiger charge is 2.19. The SMILES string of the molecule is CC/C=C\C/C=C\C/C=C\CCCCCCCC(=O)OCC(COC(=O)CCCCCCCCCC)OC(=O)CCCCCCC/C=C\CCCCCCCC. The van der Waals surface area contributed by atoms with Gasteiger partial charge in [-0.2, -0.15) is 0 Å². The van der Waals surface area contributed by atoms with Gasteiger partial charge in [0.15, 0.2) is 6.10 Å². The van der Waals surface area contributed by atoms with E-state index in [0.717, 1.165) is 109 Å². The molecule has 324 valence electrons. The summed E-state index contributed by atoms with van der Waals surface area (Å²) in [6.07, 6.45) is 52.4. The summed E-state index contributed by atoms with van der Waals surface area (Å²) in [5, 5.41) is 0. The third-order valence-electron chi connectivity index (χ3n) is 10.1. The van der Waals surface area contributed by atoms with Crippen LogP contribution < -0.4 is 0 Å². The van der Waals surface area contributed by atoms with E-state index in [1.165, 1.54) is 83.5 Å². The predicted octanol–water partition coefficient (Wildman–Crippen LogP) is 15.1. The number of hydrogen-bond donors (Lipinski definition) is 0. The van der Waals surface area contributed by atoms with E-state index < -0.39 is 6.10 Å². The lowest BCUT2D eigenvalue weighted by Gasteiger charge is -2.18. The molecule has 0 N–H and O–H groups in total. The summed E-state index contributed by atoms with van der Waals surface area (Å²) < 4.78 is 16.7. The zero-order valence-electron chi connectivity index (χ0n) is 36.9. The minimum absolute atomic E-state index is 0.0811. The summed E-state index contributed by atoms with van der Waals surface area (Å²) in [6.45, 7) is 6.47. The number of carbonyl (C=O) groups is 3. The van der Waals surface area contributed by atoms with Crippen LogP contribution in [0.1, 0.15) is 233 Å². The first-order valence-electron chi connectivity index (χ1n) is 23.6. The predicted molar refractivity (Wildman–Crippen MR) is 238 cm³/mol. The molecule has 0 aliphatic heterocycles. The first-order chi connectivity index (χ1) is 27.5. The molecule has 0 rings (SSSR count). The monoisotopic (exact) mass is 785 g/mol. The van der Waals surface area contributed by atoms with Crippen LogP contribution >= 0.6 is 0 Å². The highest BCUT2D eigenvalue weighted by Crippen LogP contribution is 2.14. The smallest absolute Gasteiger partial charge is 0.306 e. The molecule has 0 saturated heterocycles. The van der Waals surface area contributed by atoms with Crippen LogP contribution in [0.5, 0.6) is 0 Å². The van der Waals surface area contributed by atoms with Crippen LogP contribution in [0.3, 0.4) is 0 Å². The molecule has 0 aromatic carbocycles. The molecule has 56 heavy (non-hydrogen) atoms. The third-order valence-corrected chi connectivity index (χ3v) is 10.1. The molecule has 0 radical (unpaired) electrons. The van der Waals surface area contributed by atoms with Crippen molar-refractivity contribution in [3.05, 3.63) is 48.6 Å². The first-order valence-corrected chi connectivity index (χ1v) is 23.6. The Morgan fingerprint density at radius 3 is 1.11 bits per heavy atom. The van der Waals surface area contributed by atoms with Crippen LogP contribution in [-0.2, 0) is 28.6 Å². The van der Waals surface area contributed by atoms with Gasteiger partial charge in [0.2, 0.25) is 0 Å². The van der Waals surface area contributed by atoms with Gasteiger partial charge in [0.05, 0.1) is 0 Å². The minimum atomic E-state index is -0.779. The van der Waals surface area contributed by atoms with Crippen LogP contribution in [0.4, 0.5) is 0 Å². The molecule has 0 bridgehead atoms.